The van der Waals surface area contributed by atoms with Gasteiger partial charge in [-0.2, -0.15) is 0 Å². The average Bonchev–Trinajstić information content (AvgIpc) is 2.30. The molecular weight excluding hydrogens is 240 g/mol. The van der Waals surface area contributed by atoms with E-state index in [1.165, 1.54) is 19.3 Å². The molecule has 0 spiro atoms. The molecule has 0 heterocycles. The Labute approximate surface area is 117 Å². The maximum Gasteiger partial charge on any atom is 0.305 e. The Morgan fingerprint density at radius 2 is 2.00 bits per heavy atom. The van der Waals surface area contributed by atoms with Crippen molar-refractivity contribution in [1.82, 2.24) is 10.2 Å². The molecule has 0 aliphatic heterocycles. The summed E-state index contributed by atoms with van der Waals surface area (Å²) in [7, 11) is 4.36. The van der Waals surface area contributed by atoms with Gasteiger partial charge in [-0.05, 0) is 59.7 Å². The van der Waals surface area contributed by atoms with Crippen LogP contribution in [0.5, 0.6) is 0 Å². The molecule has 4 heteroatoms. The maximum atomic E-state index is 11.1. The summed E-state index contributed by atoms with van der Waals surface area (Å²) in [6.07, 6.45) is 7.74. The van der Waals surface area contributed by atoms with E-state index in [0.29, 0.717) is 18.6 Å². The molecule has 0 unspecified atom stereocenters. The first-order chi connectivity index (χ1) is 9.10. The predicted octanol–water partition coefficient (Wildman–Crippen LogP) is 2.18. The van der Waals surface area contributed by atoms with Crippen LogP contribution >= 0.6 is 0 Å². The van der Waals surface area contributed by atoms with Gasteiger partial charge in [0.05, 0.1) is 6.61 Å². The monoisotopic (exact) mass is 270 g/mol. The molecule has 112 valence electrons. The van der Waals surface area contributed by atoms with Crippen LogP contribution < -0.4 is 5.32 Å². The Bertz CT molecular complexity index is 263. The van der Waals surface area contributed by atoms with Crippen LogP contribution in [0, 0.1) is 0 Å². The fraction of sp³-hybridized carbons (Fsp3) is 0.933. The van der Waals surface area contributed by atoms with E-state index in [2.05, 4.69) is 24.3 Å². The zero-order valence-electron chi connectivity index (χ0n) is 12.8. The highest BCUT2D eigenvalue weighted by atomic mass is 16.5. The summed E-state index contributed by atoms with van der Waals surface area (Å²) in [6, 6.07) is 0. The molecule has 0 radical (unpaired) electrons. The number of carbonyl (C=O) groups is 1. The molecule has 4 nitrogen and oxygen atoms in total. The van der Waals surface area contributed by atoms with Crippen molar-refractivity contribution < 1.29 is 9.53 Å². The zero-order valence-corrected chi connectivity index (χ0v) is 12.8. The summed E-state index contributed by atoms with van der Waals surface area (Å²) < 4.78 is 4.90. The van der Waals surface area contributed by atoms with Gasteiger partial charge >= 0.3 is 5.97 Å². The van der Waals surface area contributed by atoms with Crippen LogP contribution in [0.3, 0.4) is 0 Å². The van der Waals surface area contributed by atoms with Gasteiger partial charge in [0.15, 0.2) is 0 Å². The first kappa shape index (κ1) is 16.4. The highest BCUT2D eigenvalue weighted by molar-refractivity contribution is 5.69. The van der Waals surface area contributed by atoms with Gasteiger partial charge in [0.2, 0.25) is 0 Å². The minimum atomic E-state index is -0.0588. The third kappa shape index (κ3) is 5.49. The lowest BCUT2D eigenvalue weighted by atomic mass is 9.75. The van der Waals surface area contributed by atoms with Crippen molar-refractivity contribution in [3.05, 3.63) is 0 Å². The lowest BCUT2D eigenvalue weighted by Crippen LogP contribution is -2.56. The first-order valence-corrected chi connectivity index (χ1v) is 7.64. The highest BCUT2D eigenvalue weighted by Crippen LogP contribution is 2.35. The van der Waals surface area contributed by atoms with E-state index >= 15 is 0 Å². The Morgan fingerprint density at radius 3 is 2.53 bits per heavy atom. The topological polar surface area (TPSA) is 41.6 Å². The summed E-state index contributed by atoms with van der Waals surface area (Å²) in [6.45, 7) is 4.49. The highest BCUT2D eigenvalue weighted by Gasteiger charge is 2.38. The largest absolute Gasteiger partial charge is 0.466 e. The molecule has 0 amide bonds. The molecule has 0 bridgehead atoms. The third-order valence-electron chi connectivity index (χ3n) is 4.23. The van der Waals surface area contributed by atoms with E-state index in [9.17, 15) is 4.79 Å². The molecule has 0 atom stereocenters. The van der Waals surface area contributed by atoms with Gasteiger partial charge in [0, 0.05) is 18.5 Å². The molecule has 1 N–H and O–H groups in total. The van der Waals surface area contributed by atoms with Crippen molar-refractivity contribution in [2.75, 3.05) is 33.8 Å². The van der Waals surface area contributed by atoms with Crippen molar-refractivity contribution in [3.8, 4) is 0 Å². The fourth-order valence-corrected chi connectivity index (χ4v) is 2.62. The normalized spacial score (nSPS) is 17.3. The van der Waals surface area contributed by atoms with Crippen LogP contribution in [-0.2, 0) is 9.53 Å². The number of nitrogens with one attached hydrogen (secondary N) is 1. The van der Waals surface area contributed by atoms with Crippen LogP contribution in [0.25, 0.3) is 0 Å². The van der Waals surface area contributed by atoms with E-state index in [1.54, 1.807) is 0 Å². The van der Waals surface area contributed by atoms with Crippen molar-refractivity contribution in [3.63, 3.8) is 0 Å². The minimum absolute atomic E-state index is 0.0588. The Morgan fingerprint density at radius 1 is 1.26 bits per heavy atom. The Kier molecular flexibility index (Phi) is 7.39. The lowest BCUT2D eigenvalue weighted by molar-refractivity contribution is -0.143. The minimum Gasteiger partial charge on any atom is -0.466 e. The Balaban J connectivity index is 1.95. The van der Waals surface area contributed by atoms with Crippen LogP contribution in [-0.4, -0.2) is 50.2 Å². The summed E-state index contributed by atoms with van der Waals surface area (Å²) in [5.41, 5.74) is 0.408. The van der Waals surface area contributed by atoms with E-state index in [-0.39, 0.29) is 5.97 Å². The lowest BCUT2D eigenvalue weighted by Gasteiger charge is -2.47. The van der Waals surface area contributed by atoms with E-state index in [1.807, 2.05) is 6.92 Å². The summed E-state index contributed by atoms with van der Waals surface area (Å²) in [5.74, 6) is -0.0588. The SMILES string of the molecule is CCOC(=O)CCCCCNCC1(N(C)C)CCC1. The van der Waals surface area contributed by atoms with Crippen molar-refractivity contribution >= 4 is 5.97 Å². The van der Waals surface area contributed by atoms with E-state index in [4.69, 9.17) is 4.74 Å². The van der Waals surface area contributed by atoms with Crippen molar-refractivity contribution in [2.24, 2.45) is 0 Å². The van der Waals surface area contributed by atoms with E-state index < -0.39 is 0 Å². The number of esters is 1. The summed E-state index contributed by atoms with van der Waals surface area (Å²) in [5, 5.41) is 3.56. The smallest absolute Gasteiger partial charge is 0.305 e. The van der Waals surface area contributed by atoms with Gasteiger partial charge in [-0.1, -0.05) is 6.42 Å². The molecule has 1 rings (SSSR count). The zero-order chi connectivity index (χ0) is 14.1. The maximum absolute atomic E-state index is 11.1. The predicted molar refractivity (Wildman–Crippen MR) is 78.2 cm³/mol. The van der Waals surface area contributed by atoms with Gasteiger partial charge in [-0.3, -0.25) is 4.79 Å². The number of hydrogen-bond donors (Lipinski definition) is 1. The van der Waals surface area contributed by atoms with Gasteiger partial charge in [0.25, 0.3) is 0 Å². The van der Waals surface area contributed by atoms with Crippen molar-refractivity contribution in [1.29, 1.82) is 0 Å². The van der Waals surface area contributed by atoms with Crippen LogP contribution in [0.15, 0.2) is 0 Å². The molecule has 19 heavy (non-hydrogen) atoms. The molecule has 1 aliphatic rings. The summed E-state index contributed by atoms with van der Waals surface area (Å²) >= 11 is 0. The number of unbranched alkanes of at least 4 members (excludes halogenated alkanes) is 2. The number of likely N-dealkylation sites (N-methyl/N-ethyl adjacent to an activating group) is 1. The van der Waals surface area contributed by atoms with E-state index in [0.717, 1.165) is 32.4 Å². The van der Waals surface area contributed by atoms with Gasteiger partial charge in [0.1, 0.15) is 0 Å². The molecular formula is C15H30N2O2. The number of nitrogens with zero attached hydrogens (tertiary/aromatic N) is 1. The molecule has 0 aromatic rings. The molecule has 1 fully saturated rings. The number of carbonyl (C=O) groups excluding carboxylic acids is 1. The number of rotatable bonds is 10. The molecule has 1 saturated carbocycles. The third-order valence-corrected chi connectivity index (χ3v) is 4.23. The fourth-order valence-electron chi connectivity index (χ4n) is 2.62. The molecule has 0 aromatic heterocycles. The second-order valence-electron chi connectivity index (χ2n) is 5.76. The van der Waals surface area contributed by atoms with Gasteiger partial charge in [-0.15, -0.1) is 0 Å². The van der Waals surface area contributed by atoms with Crippen LogP contribution in [0.2, 0.25) is 0 Å². The van der Waals surface area contributed by atoms with Crippen LogP contribution in [0.1, 0.15) is 51.9 Å². The quantitative estimate of drug-likeness (QED) is 0.488. The van der Waals surface area contributed by atoms with Gasteiger partial charge < -0.3 is 15.0 Å². The Hall–Kier alpha value is -0.610. The van der Waals surface area contributed by atoms with Crippen molar-refractivity contribution in [2.45, 2.75) is 57.4 Å². The molecule has 0 aromatic carbocycles. The average molecular weight is 270 g/mol. The molecule has 1 aliphatic carbocycles. The first-order valence-electron chi connectivity index (χ1n) is 7.64. The molecule has 0 saturated heterocycles. The second-order valence-corrected chi connectivity index (χ2v) is 5.76. The number of ether oxygens (including phenoxy) is 1. The van der Waals surface area contributed by atoms with Crippen LogP contribution in [0.4, 0.5) is 0 Å². The number of hydrogen-bond acceptors (Lipinski definition) is 4. The second kappa shape index (κ2) is 8.54. The summed E-state index contributed by atoms with van der Waals surface area (Å²) in [4.78, 5) is 13.5. The van der Waals surface area contributed by atoms with Gasteiger partial charge in [-0.25, -0.2) is 0 Å². The standard InChI is InChI=1S/C15H30N2O2/c1-4-19-14(18)9-6-5-7-12-16-13-15(17(2)3)10-8-11-15/h16H,4-13H2,1-3H3.